The third-order valence-electron chi connectivity index (χ3n) is 5.68. The fourth-order valence-corrected chi connectivity index (χ4v) is 4.06. The van der Waals surface area contributed by atoms with E-state index in [4.69, 9.17) is 24.5 Å². The number of hydrogen-bond donors (Lipinski definition) is 1. The van der Waals surface area contributed by atoms with Crippen LogP contribution in [0.3, 0.4) is 0 Å². The lowest BCUT2D eigenvalue weighted by Gasteiger charge is -2.17. The highest BCUT2D eigenvalue weighted by molar-refractivity contribution is 6.09. The van der Waals surface area contributed by atoms with Crippen molar-refractivity contribution in [2.24, 2.45) is 5.11 Å². The van der Waals surface area contributed by atoms with E-state index >= 15 is 0 Å². The van der Waals surface area contributed by atoms with Crippen molar-refractivity contribution in [2.75, 3.05) is 52.8 Å². The van der Waals surface area contributed by atoms with Gasteiger partial charge >= 0.3 is 0 Å². The molecule has 8 nitrogen and oxygen atoms in total. The molecule has 1 N–H and O–H groups in total. The molecule has 0 aliphatic carbocycles. The Balaban J connectivity index is 1.37. The van der Waals surface area contributed by atoms with E-state index in [1.165, 1.54) is 0 Å². The maximum Gasteiger partial charge on any atom is 0.128 e. The predicted octanol–water partition coefficient (Wildman–Crippen LogP) is 6.10. The second-order valence-corrected chi connectivity index (χ2v) is 7.98. The molecule has 0 unspecified atom stereocenters. The van der Waals surface area contributed by atoms with Gasteiger partial charge in [-0.15, -0.1) is 0 Å². The average Bonchev–Trinajstić information content (AvgIpc) is 2.91. The largest absolute Gasteiger partial charge is 0.507 e. The van der Waals surface area contributed by atoms with Crippen LogP contribution in [0.15, 0.2) is 77.9 Å². The molecule has 8 heteroatoms. The van der Waals surface area contributed by atoms with Crippen LogP contribution < -0.4 is 4.74 Å². The Bertz CT molecular complexity index is 1340. The summed E-state index contributed by atoms with van der Waals surface area (Å²) in [6.45, 7) is 3.24. The van der Waals surface area contributed by atoms with E-state index in [2.05, 4.69) is 16.1 Å². The van der Waals surface area contributed by atoms with Gasteiger partial charge < -0.3 is 24.1 Å². The fraction of sp³-hybridized carbons (Fsp3) is 0.286. The highest BCUT2D eigenvalue weighted by Crippen LogP contribution is 2.44. The normalized spacial score (nSPS) is 11.0. The van der Waals surface area contributed by atoms with Crippen molar-refractivity contribution in [3.63, 3.8) is 0 Å². The van der Waals surface area contributed by atoms with Gasteiger partial charge in [0.05, 0.1) is 39.6 Å². The highest BCUT2D eigenvalue weighted by atomic mass is 16.6. The monoisotopic (exact) mass is 487 g/mol. The van der Waals surface area contributed by atoms with Crippen molar-refractivity contribution in [1.82, 2.24) is 0 Å². The fourth-order valence-electron chi connectivity index (χ4n) is 4.06. The van der Waals surface area contributed by atoms with E-state index in [-0.39, 0.29) is 5.75 Å². The predicted molar refractivity (Wildman–Crippen MR) is 141 cm³/mol. The molecule has 4 aromatic carbocycles. The molecule has 0 saturated heterocycles. The lowest BCUT2D eigenvalue weighted by molar-refractivity contribution is 0.0106. The van der Waals surface area contributed by atoms with E-state index in [0.717, 1.165) is 32.7 Å². The summed E-state index contributed by atoms with van der Waals surface area (Å²) in [5.41, 5.74) is 9.82. The molecule has 4 aromatic rings. The Kier molecular flexibility index (Phi) is 9.36. The van der Waals surface area contributed by atoms with Gasteiger partial charge in [-0.1, -0.05) is 65.8 Å². The number of hydrogen-bond acceptors (Lipinski definition) is 6. The zero-order chi connectivity index (χ0) is 25.0. The molecule has 0 radical (unpaired) electrons. The van der Waals surface area contributed by atoms with Gasteiger partial charge in [-0.05, 0) is 39.2 Å². The molecular formula is C28H29N3O5. The van der Waals surface area contributed by atoms with Gasteiger partial charge in [-0.25, -0.2) is 0 Å². The summed E-state index contributed by atoms with van der Waals surface area (Å²) in [7, 11) is 0. The summed E-state index contributed by atoms with van der Waals surface area (Å²) in [5.74, 6) is 0.906. The number of azide groups is 1. The highest BCUT2D eigenvalue weighted by Gasteiger charge is 2.17. The van der Waals surface area contributed by atoms with Gasteiger partial charge in [0.25, 0.3) is 0 Å². The number of ether oxygens (including phenoxy) is 4. The smallest absolute Gasteiger partial charge is 0.128 e. The standard InChI is InChI=1S/C28H29N3O5/c29-31-30-13-14-33-15-16-34-17-18-35-19-20-36-26-12-10-22-6-2-4-8-24(22)28(26)27-23-7-3-1-5-21(23)9-11-25(27)32/h1-12,32H,13-20H2. The van der Waals surface area contributed by atoms with Crippen molar-refractivity contribution in [3.8, 4) is 22.6 Å². The van der Waals surface area contributed by atoms with Gasteiger partial charge in [0, 0.05) is 22.6 Å². The second kappa shape index (κ2) is 13.3. The summed E-state index contributed by atoms with van der Waals surface area (Å²) in [6.07, 6.45) is 0. The van der Waals surface area contributed by atoms with E-state index in [9.17, 15) is 5.11 Å². The van der Waals surface area contributed by atoms with E-state index < -0.39 is 0 Å². The minimum atomic E-state index is 0.213. The molecule has 4 rings (SSSR count). The Labute approximate surface area is 209 Å². The molecule has 0 amide bonds. The van der Waals surface area contributed by atoms with Crippen LogP contribution in [0.1, 0.15) is 0 Å². The Morgan fingerprint density at radius 2 is 1.19 bits per heavy atom. The number of fused-ring (bicyclic) bond motifs is 2. The van der Waals surface area contributed by atoms with Crippen molar-refractivity contribution >= 4 is 21.5 Å². The van der Waals surface area contributed by atoms with Gasteiger partial charge in [-0.3, -0.25) is 0 Å². The van der Waals surface area contributed by atoms with Crippen LogP contribution in [0.4, 0.5) is 0 Å². The van der Waals surface area contributed by atoms with E-state index in [0.29, 0.717) is 58.5 Å². The van der Waals surface area contributed by atoms with Crippen molar-refractivity contribution in [2.45, 2.75) is 0 Å². The summed E-state index contributed by atoms with van der Waals surface area (Å²) in [6, 6.07) is 23.7. The quantitative estimate of drug-likeness (QED) is 0.100. The van der Waals surface area contributed by atoms with Crippen LogP contribution in [0.2, 0.25) is 0 Å². The van der Waals surface area contributed by atoms with Gasteiger partial charge in [0.15, 0.2) is 0 Å². The van der Waals surface area contributed by atoms with Crippen molar-refractivity contribution < 1.29 is 24.1 Å². The third kappa shape index (κ3) is 6.44. The maximum absolute atomic E-state index is 10.9. The van der Waals surface area contributed by atoms with Crippen LogP contribution in [-0.4, -0.2) is 57.9 Å². The summed E-state index contributed by atoms with van der Waals surface area (Å²) < 4.78 is 22.5. The van der Waals surface area contributed by atoms with E-state index in [1.807, 2.05) is 60.7 Å². The molecule has 0 fully saturated rings. The molecule has 0 spiro atoms. The number of phenols is 1. The van der Waals surface area contributed by atoms with Crippen LogP contribution in [0.5, 0.6) is 11.5 Å². The summed E-state index contributed by atoms with van der Waals surface area (Å²) in [5, 5.41) is 18.4. The minimum absolute atomic E-state index is 0.213. The Hall–Kier alpha value is -3.81. The molecule has 0 bridgehead atoms. The first-order valence-corrected chi connectivity index (χ1v) is 11.9. The molecule has 0 heterocycles. The summed E-state index contributed by atoms with van der Waals surface area (Å²) >= 11 is 0. The van der Waals surface area contributed by atoms with Gasteiger partial charge in [0.1, 0.15) is 18.1 Å². The number of benzene rings is 4. The zero-order valence-electron chi connectivity index (χ0n) is 20.0. The van der Waals surface area contributed by atoms with Crippen LogP contribution in [-0.2, 0) is 14.2 Å². The third-order valence-corrected chi connectivity index (χ3v) is 5.68. The molecule has 0 aliphatic rings. The van der Waals surface area contributed by atoms with Gasteiger partial charge in [0.2, 0.25) is 0 Å². The SMILES string of the molecule is [N-]=[N+]=NCCOCCOCCOCCOc1ccc2ccccc2c1-c1c(O)ccc2ccccc12. The summed E-state index contributed by atoms with van der Waals surface area (Å²) in [4.78, 5) is 2.66. The molecule has 0 atom stereocenters. The zero-order valence-corrected chi connectivity index (χ0v) is 20.0. The molecular weight excluding hydrogens is 458 g/mol. The molecule has 36 heavy (non-hydrogen) atoms. The van der Waals surface area contributed by atoms with Crippen molar-refractivity contribution in [3.05, 3.63) is 83.2 Å². The first-order chi connectivity index (χ1) is 17.8. The van der Waals surface area contributed by atoms with E-state index in [1.54, 1.807) is 6.07 Å². The number of phenolic OH excluding ortho intramolecular Hbond substituents is 1. The van der Waals surface area contributed by atoms with Crippen LogP contribution in [0.25, 0.3) is 43.1 Å². The molecule has 0 aliphatic heterocycles. The lowest BCUT2D eigenvalue weighted by atomic mass is 9.92. The lowest BCUT2D eigenvalue weighted by Crippen LogP contribution is -2.13. The topological polar surface area (TPSA) is 106 Å². The average molecular weight is 488 g/mol. The first-order valence-electron chi connectivity index (χ1n) is 11.9. The Morgan fingerprint density at radius 3 is 1.86 bits per heavy atom. The second-order valence-electron chi connectivity index (χ2n) is 7.98. The van der Waals surface area contributed by atoms with Crippen LogP contribution in [0, 0.1) is 0 Å². The molecule has 0 aromatic heterocycles. The first kappa shape index (κ1) is 25.3. The van der Waals surface area contributed by atoms with Crippen molar-refractivity contribution in [1.29, 1.82) is 0 Å². The van der Waals surface area contributed by atoms with Crippen LogP contribution >= 0.6 is 0 Å². The number of aromatic hydroxyl groups is 1. The number of rotatable bonds is 14. The number of nitrogens with zero attached hydrogens (tertiary/aromatic N) is 3. The minimum Gasteiger partial charge on any atom is -0.507 e. The Morgan fingerprint density at radius 1 is 0.639 bits per heavy atom. The maximum atomic E-state index is 10.9. The molecule has 0 saturated carbocycles. The van der Waals surface area contributed by atoms with Gasteiger partial charge in [-0.2, -0.15) is 0 Å². The molecule has 186 valence electrons.